The van der Waals surface area contributed by atoms with Crippen molar-refractivity contribution in [3.8, 4) is 0 Å². The van der Waals surface area contributed by atoms with Crippen LogP contribution >= 0.6 is 11.6 Å². The quantitative estimate of drug-likeness (QED) is 0.907. The van der Waals surface area contributed by atoms with E-state index in [4.69, 9.17) is 11.6 Å². The van der Waals surface area contributed by atoms with E-state index in [0.29, 0.717) is 12.0 Å². The van der Waals surface area contributed by atoms with E-state index in [-0.39, 0.29) is 18.1 Å². The maximum absolute atomic E-state index is 12.5. The third-order valence-electron chi connectivity index (χ3n) is 4.54. The standard InChI is InChI=1S/C16H21ClN2O/c1-10-6-7-14(8-10)19-15(18-11(2)16(19)20)12-4-3-5-13(17)9-12/h3-5,9-11,14-15,18H,6-8H2,1-2H3. The first-order valence-electron chi connectivity index (χ1n) is 7.40. The number of carbonyl (C=O) groups excluding carboxylic acids is 1. The minimum Gasteiger partial charge on any atom is -0.319 e. The monoisotopic (exact) mass is 292 g/mol. The first-order chi connectivity index (χ1) is 9.56. The van der Waals surface area contributed by atoms with Crippen LogP contribution < -0.4 is 5.32 Å². The average Bonchev–Trinajstić information content (AvgIpc) is 2.95. The highest BCUT2D eigenvalue weighted by Gasteiger charge is 2.42. The molecule has 1 heterocycles. The highest BCUT2D eigenvalue weighted by atomic mass is 35.5. The molecular weight excluding hydrogens is 272 g/mol. The van der Waals surface area contributed by atoms with Gasteiger partial charge in [-0.05, 0) is 49.8 Å². The number of halogens is 1. The molecule has 0 aromatic heterocycles. The van der Waals surface area contributed by atoms with Crippen molar-refractivity contribution in [3.63, 3.8) is 0 Å². The van der Waals surface area contributed by atoms with E-state index in [1.807, 2.05) is 31.2 Å². The van der Waals surface area contributed by atoms with E-state index in [0.717, 1.165) is 23.4 Å². The van der Waals surface area contributed by atoms with Gasteiger partial charge in [0.05, 0.1) is 6.04 Å². The lowest BCUT2D eigenvalue weighted by Crippen LogP contribution is -2.38. The maximum atomic E-state index is 12.5. The molecule has 3 rings (SSSR count). The third-order valence-corrected chi connectivity index (χ3v) is 4.77. The van der Waals surface area contributed by atoms with E-state index in [1.165, 1.54) is 6.42 Å². The number of hydrogen-bond donors (Lipinski definition) is 1. The molecule has 20 heavy (non-hydrogen) atoms. The molecule has 0 spiro atoms. The van der Waals surface area contributed by atoms with Gasteiger partial charge in [-0.3, -0.25) is 10.1 Å². The Hall–Kier alpha value is -1.06. The Kier molecular flexibility index (Phi) is 3.74. The predicted molar refractivity (Wildman–Crippen MR) is 80.4 cm³/mol. The summed E-state index contributed by atoms with van der Waals surface area (Å²) in [5.74, 6) is 0.929. The smallest absolute Gasteiger partial charge is 0.241 e. The number of carbonyl (C=O) groups is 1. The topological polar surface area (TPSA) is 32.3 Å². The van der Waals surface area contributed by atoms with Gasteiger partial charge in [-0.2, -0.15) is 0 Å². The van der Waals surface area contributed by atoms with Crippen LogP contribution in [0.2, 0.25) is 5.02 Å². The summed E-state index contributed by atoms with van der Waals surface area (Å²) in [7, 11) is 0. The SMILES string of the molecule is CC1CCC(N2C(=O)C(C)NC2c2cccc(Cl)c2)C1. The van der Waals surface area contributed by atoms with Crippen LogP contribution in [0, 0.1) is 5.92 Å². The maximum Gasteiger partial charge on any atom is 0.241 e. The Labute approximate surface area is 125 Å². The first-order valence-corrected chi connectivity index (χ1v) is 7.77. The summed E-state index contributed by atoms with van der Waals surface area (Å²) in [5, 5.41) is 4.13. The second-order valence-electron chi connectivity index (χ2n) is 6.16. The Morgan fingerprint density at radius 3 is 2.75 bits per heavy atom. The third kappa shape index (κ3) is 2.45. The summed E-state index contributed by atoms with van der Waals surface area (Å²) in [6.07, 6.45) is 3.40. The molecular formula is C16H21ClN2O. The van der Waals surface area contributed by atoms with Crippen LogP contribution in [0.25, 0.3) is 0 Å². The van der Waals surface area contributed by atoms with Crippen molar-refractivity contribution in [2.45, 2.75) is 51.4 Å². The van der Waals surface area contributed by atoms with Gasteiger partial charge in [0.25, 0.3) is 0 Å². The average molecular weight is 293 g/mol. The van der Waals surface area contributed by atoms with Gasteiger partial charge in [0.15, 0.2) is 0 Å². The lowest BCUT2D eigenvalue weighted by atomic mass is 10.1. The molecule has 4 atom stereocenters. The van der Waals surface area contributed by atoms with Gasteiger partial charge in [-0.25, -0.2) is 0 Å². The van der Waals surface area contributed by atoms with Crippen molar-refractivity contribution < 1.29 is 4.79 Å². The number of benzene rings is 1. The first kappa shape index (κ1) is 13.9. The normalized spacial score (nSPS) is 34.0. The molecule has 1 aliphatic heterocycles. The van der Waals surface area contributed by atoms with Crippen LogP contribution in [-0.4, -0.2) is 22.9 Å². The molecule has 1 aliphatic carbocycles. The molecule has 2 fully saturated rings. The van der Waals surface area contributed by atoms with Crippen molar-refractivity contribution in [1.29, 1.82) is 0 Å². The molecule has 4 unspecified atom stereocenters. The van der Waals surface area contributed by atoms with Crippen LogP contribution in [0.5, 0.6) is 0 Å². The molecule has 0 bridgehead atoms. The molecule has 0 radical (unpaired) electrons. The lowest BCUT2D eigenvalue weighted by Gasteiger charge is -2.30. The summed E-state index contributed by atoms with van der Waals surface area (Å²) in [5.41, 5.74) is 1.08. The van der Waals surface area contributed by atoms with Gasteiger partial charge >= 0.3 is 0 Å². The Bertz CT molecular complexity index is 519. The van der Waals surface area contributed by atoms with E-state index in [2.05, 4.69) is 17.1 Å². The number of hydrogen-bond acceptors (Lipinski definition) is 2. The van der Waals surface area contributed by atoms with E-state index < -0.39 is 0 Å². The van der Waals surface area contributed by atoms with Crippen LogP contribution in [0.1, 0.15) is 44.8 Å². The zero-order valence-corrected chi connectivity index (χ0v) is 12.7. The van der Waals surface area contributed by atoms with E-state index in [1.54, 1.807) is 0 Å². The number of rotatable bonds is 2. The van der Waals surface area contributed by atoms with Crippen LogP contribution in [-0.2, 0) is 4.79 Å². The largest absolute Gasteiger partial charge is 0.319 e. The summed E-state index contributed by atoms with van der Waals surface area (Å²) in [6.45, 7) is 4.21. The van der Waals surface area contributed by atoms with Crippen molar-refractivity contribution in [2.24, 2.45) is 5.92 Å². The van der Waals surface area contributed by atoms with Gasteiger partial charge in [-0.1, -0.05) is 30.7 Å². The molecule has 1 amide bonds. The minimum absolute atomic E-state index is 0.0356. The zero-order chi connectivity index (χ0) is 14.3. The highest BCUT2D eigenvalue weighted by molar-refractivity contribution is 6.30. The summed E-state index contributed by atoms with van der Waals surface area (Å²) >= 11 is 6.10. The molecule has 108 valence electrons. The second-order valence-corrected chi connectivity index (χ2v) is 6.60. The summed E-state index contributed by atoms with van der Waals surface area (Å²) in [4.78, 5) is 14.6. The molecule has 1 saturated carbocycles. The van der Waals surface area contributed by atoms with Gasteiger partial charge < -0.3 is 4.90 Å². The van der Waals surface area contributed by atoms with Crippen LogP contribution in [0.15, 0.2) is 24.3 Å². The number of nitrogens with one attached hydrogen (secondary N) is 1. The predicted octanol–water partition coefficient (Wildman–Crippen LogP) is 3.35. The van der Waals surface area contributed by atoms with Crippen LogP contribution in [0.3, 0.4) is 0 Å². The Morgan fingerprint density at radius 2 is 2.10 bits per heavy atom. The Balaban J connectivity index is 1.90. The zero-order valence-electron chi connectivity index (χ0n) is 12.0. The minimum atomic E-state index is -0.116. The summed E-state index contributed by atoms with van der Waals surface area (Å²) < 4.78 is 0. The highest BCUT2D eigenvalue weighted by Crippen LogP contribution is 2.36. The van der Waals surface area contributed by atoms with Crippen molar-refractivity contribution >= 4 is 17.5 Å². The second kappa shape index (κ2) is 5.38. The van der Waals surface area contributed by atoms with E-state index >= 15 is 0 Å². The van der Waals surface area contributed by atoms with E-state index in [9.17, 15) is 4.79 Å². The molecule has 3 nitrogen and oxygen atoms in total. The number of nitrogens with zero attached hydrogens (tertiary/aromatic N) is 1. The lowest BCUT2D eigenvalue weighted by molar-refractivity contribution is -0.132. The fourth-order valence-corrected chi connectivity index (χ4v) is 3.69. The Morgan fingerprint density at radius 1 is 1.30 bits per heavy atom. The van der Waals surface area contributed by atoms with Gasteiger partial charge in [0, 0.05) is 11.1 Å². The fourth-order valence-electron chi connectivity index (χ4n) is 3.49. The molecule has 1 aromatic rings. The van der Waals surface area contributed by atoms with Crippen molar-refractivity contribution in [1.82, 2.24) is 10.2 Å². The molecule has 1 aromatic carbocycles. The van der Waals surface area contributed by atoms with Crippen LogP contribution in [0.4, 0.5) is 0 Å². The fraction of sp³-hybridized carbons (Fsp3) is 0.562. The van der Waals surface area contributed by atoms with Gasteiger partial charge in [-0.15, -0.1) is 0 Å². The van der Waals surface area contributed by atoms with Crippen molar-refractivity contribution in [2.75, 3.05) is 0 Å². The van der Waals surface area contributed by atoms with Gasteiger partial charge in [0.2, 0.25) is 5.91 Å². The molecule has 1 saturated heterocycles. The van der Waals surface area contributed by atoms with Gasteiger partial charge in [0.1, 0.15) is 6.17 Å². The molecule has 2 aliphatic rings. The summed E-state index contributed by atoms with van der Waals surface area (Å²) in [6, 6.07) is 8.06. The molecule has 4 heteroatoms. The number of amides is 1. The van der Waals surface area contributed by atoms with Crippen molar-refractivity contribution in [3.05, 3.63) is 34.9 Å². The molecule has 1 N–H and O–H groups in total.